The zero-order valence-corrected chi connectivity index (χ0v) is 20.2. The van der Waals surface area contributed by atoms with Crippen LogP contribution in [0.15, 0.2) is 64.1 Å². The lowest BCUT2D eigenvalue weighted by Crippen LogP contribution is -2.32. The first-order chi connectivity index (χ1) is 18.0. The monoisotopic (exact) mass is 543 g/mol. The molecule has 0 spiro atoms. The maximum Gasteiger partial charge on any atom is 0.317 e. The Morgan fingerprint density at radius 3 is 2.63 bits per heavy atom. The fourth-order valence-electron chi connectivity index (χ4n) is 4.37. The summed E-state index contributed by atoms with van der Waals surface area (Å²) in [6.07, 6.45) is 3.28. The molecule has 0 aliphatic carbocycles. The molecule has 11 nitrogen and oxygen atoms in total. The van der Waals surface area contributed by atoms with E-state index in [4.69, 9.17) is 4.42 Å². The van der Waals surface area contributed by atoms with Crippen molar-refractivity contribution in [1.29, 1.82) is 0 Å². The first kappa shape index (κ1) is 24.8. The van der Waals surface area contributed by atoms with Crippen LogP contribution in [0.1, 0.15) is 16.1 Å². The fourth-order valence-corrected chi connectivity index (χ4v) is 4.81. The molecule has 0 bridgehead atoms. The minimum Gasteiger partial charge on any atom is -0.463 e. The summed E-state index contributed by atoms with van der Waals surface area (Å²) < 4.78 is 62.4. The number of halogens is 2. The Labute approximate surface area is 211 Å². The second-order valence-corrected chi connectivity index (χ2v) is 10.1. The van der Waals surface area contributed by atoms with E-state index < -0.39 is 50.3 Å². The molecule has 194 valence electrons. The van der Waals surface area contributed by atoms with Gasteiger partial charge in [0.1, 0.15) is 22.9 Å². The molecule has 5 rings (SSSR count). The number of H-pyrrole nitrogens is 1. The minimum absolute atomic E-state index is 0.0220. The summed E-state index contributed by atoms with van der Waals surface area (Å²) in [6.45, 7) is -0.535. The van der Waals surface area contributed by atoms with Gasteiger partial charge < -0.3 is 14.0 Å². The molecular formula is C24H17F2N4O7S+. The molecule has 3 heterocycles. The minimum atomic E-state index is -4.13. The number of rotatable bonds is 6. The molecule has 0 fully saturated rings. The fraction of sp³-hybridized carbons (Fsp3) is 0.0833. The van der Waals surface area contributed by atoms with E-state index in [1.165, 1.54) is 30.7 Å². The third kappa shape index (κ3) is 4.20. The molecule has 0 saturated heterocycles. The molecule has 0 atom stereocenters. The number of hydrogen-bond acceptors (Lipinski definition) is 6. The number of aromatic nitrogens is 2. The molecule has 0 radical (unpaired) electrons. The number of carbonyl (C=O) groups is 1. The zero-order valence-electron chi connectivity index (χ0n) is 19.4. The SMILES string of the molecule is CS(=O)(=O)NC(=O)c1c(-c2ccc[nH]c2=O)c2c3occc3c(F)cc2n1Cc1cc([N+](=O)O)ccc1F. The molecule has 0 aliphatic heterocycles. The molecule has 3 N–H and O–H groups in total. The number of nitrogens with one attached hydrogen (secondary N) is 2. The predicted octanol–water partition coefficient (Wildman–Crippen LogP) is 3.56. The maximum atomic E-state index is 15.1. The van der Waals surface area contributed by atoms with Crippen molar-refractivity contribution >= 4 is 43.5 Å². The number of carbonyl (C=O) groups excluding carboxylic acids is 1. The average Bonchev–Trinajstić information content (AvgIpc) is 3.43. The lowest BCUT2D eigenvalue weighted by molar-refractivity contribution is -0.729. The Morgan fingerprint density at radius 2 is 1.95 bits per heavy atom. The smallest absolute Gasteiger partial charge is 0.317 e. The summed E-state index contributed by atoms with van der Waals surface area (Å²) in [6, 6.07) is 8.13. The van der Waals surface area contributed by atoms with Gasteiger partial charge in [-0.2, -0.15) is 0 Å². The number of hydrogen-bond donors (Lipinski definition) is 3. The number of nitrogens with zero attached hydrogens (tertiary/aromatic N) is 2. The van der Waals surface area contributed by atoms with Crippen LogP contribution in [0.25, 0.3) is 33.0 Å². The number of aromatic amines is 1. The van der Waals surface area contributed by atoms with Gasteiger partial charge >= 0.3 is 5.69 Å². The number of amides is 1. The number of fused-ring (bicyclic) bond motifs is 3. The highest BCUT2D eigenvalue weighted by atomic mass is 32.2. The molecule has 0 saturated carbocycles. The van der Waals surface area contributed by atoms with Gasteiger partial charge in [0.05, 0.1) is 45.8 Å². The van der Waals surface area contributed by atoms with E-state index >= 15 is 4.39 Å². The van der Waals surface area contributed by atoms with Crippen LogP contribution in [0, 0.1) is 16.5 Å². The normalized spacial score (nSPS) is 11.8. The molecule has 14 heteroatoms. The molecule has 2 aromatic carbocycles. The van der Waals surface area contributed by atoms with Gasteiger partial charge in [-0.3, -0.25) is 9.59 Å². The molecule has 1 amide bonds. The van der Waals surface area contributed by atoms with Gasteiger partial charge in [0, 0.05) is 29.5 Å². The van der Waals surface area contributed by atoms with Gasteiger partial charge in [-0.25, -0.2) is 27.1 Å². The van der Waals surface area contributed by atoms with Crippen molar-refractivity contribution < 1.29 is 36.5 Å². The van der Waals surface area contributed by atoms with Crippen LogP contribution >= 0.6 is 0 Å². The third-order valence-corrected chi connectivity index (χ3v) is 6.43. The Hall–Kier alpha value is -4.85. The molecule has 38 heavy (non-hydrogen) atoms. The Morgan fingerprint density at radius 1 is 1.18 bits per heavy atom. The van der Waals surface area contributed by atoms with E-state index in [-0.39, 0.29) is 44.2 Å². The topological polar surface area (TPSA) is 154 Å². The molecule has 5 aromatic rings. The second kappa shape index (κ2) is 8.92. The van der Waals surface area contributed by atoms with Crippen LogP contribution in [-0.2, 0) is 16.6 Å². The van der Waals surface area contributed by atoms with E-state index in [2.05, 4.69) is 4.98 Å². The van der Waals surface area contributed by atoms with Crippen molar-refractivity contribution in [2.75, 3.05) is 6.26 Å². The largest absolute Gasteiger partial charge is 0.463 e. The highest BCUT2D eigenvalue weighted by molar-refractivity contribution is 7.89. The Kier molecular flexibility index (Phi) is 5.83. The van der Waals surface area contributed by atoms with E-state index in [0.717, 1.165) is 35.1 Å². The van der Waals surface area contributed by atoms with Crippen LogP contribution in [0.4, 0.5) is 14.5 Å². The predicted molar refractivity (Wildman–Crippen MR) is 131 cm³/mol. The van der Waals surface area contributed by atoms with Crippen LogP contribution in [0.3, 0.4) is 0 Å². The second-order valence-electron chi connectivity index (χ2n) is 8.39. The van der Waals surface area contributed by atoms with Crippen LogP contribution < -0.4 is 10.3 Å². The third-order valence-electron chi connectivity index (χ3n) is 5.88. The maximum absolute atomic E-state index is 15.1. The molecular weight excluding hydrogens is 526 g/mol. The first-order valence-electron chi connectivity index (χ1n) is 10.8. The summed E-state index contributed by atoms with van der Waals surface area (Å²) >= 11 is 0. The Bertz CT molecular complexity index is 1960. The van der Waals surface area contributed by atoms with Gasteiger partial charge in [0.15, 0.2) is 0 Å². The summed E-state index contributed by atoms with van der Waals surface area (Å²) in [5.74, 6) is -2.80. The summed E-state index contributed by atoms with van der Waals surface area (Å²) in [5, 5.41) is 9.39. The average molecular weight is 543 g/mol. The number of benzene rings is 2. The van der Waals surface area contributed by atoms with Crippen molar-refractivity contribution in [3.63, 3.8) is 0 Å². The van der Waals surface area contributed by atoms with Crippen molar-refractivity contribution in [2.45, 2.75) is 6.54 Å². The molecule has 3 aromatic heterocycles. The number of furan rings is 1. The number of pyridine rings is 1. The van der Waals surface area contributed by atoms with Crippen molar-refractivity contribution in [3.05, 3.63) is 93.1 Å². The Balaban J connectivity index is 1.95. The van der Waals surface area contributed by atoms with Gasteiger partial charge in [-0.1, -0.05) is 0 Å². The summed E-state index contributed by atoms with van der Waals surface area (Å²) in [4.78, 5) is 39.7. The molecule has 0 unspecified atom stereocenters. The van der Waals surface area contributed by atoms with Gasteiger partial charge in [-0.15, -0.1) is 0 Å². The van der Waals surface area contributed by atoms with Gasteiger partial charge in [0.2, 0.25) is 10.0 Å². The number of sulfonamides is 1. The summed E-state index contributed by atoms with van der Waals surface area (Å²) in [5.41, 5.74) is -1.86. The van der Waals surface area contributed by atoms with Crippen LogP contribution in [-0.4, -0.2) is 40.3 Å². The van der Waals surface area contributed by atoms with E-state index in [1.54, 1.807) is 0 Å². The quantitative estimate of drug-likeness (QED) is 0.277. The van der Waals surface area contributed by atoms with Crippen molar-refractivity contribution in [2.24, 2.45) is 0 Å². The van der Waals surface area contributed by atoms with Crippen molar-refractivity contribution in [1.82, 2.24) is 14.3 Å². The molecule has 0 aliphatic rings. The van der Waals surface area contributed by atoms with Gasteiger partial charge in [0.25, 0.3) is 16.4 Å². The lowest BCUT2D eigenvalue weighted by atomic mass is 10.0. The highest BCUT2D eigenvalue weighted by Gasteiger charge is 2.30. The van der Waals surface area contributed by atoms with Crippen LogP contribution in [0.5, 0.6) is 0 Å². The van der Waals surface area contributed by atoms with Crippen molar-refractivity contribution in [3.8, 4) is 11.1 Å². The van der Waals surface area contributed by atoms with E-state index in [9.17, 15) is 32.5 Å². The van der Waals surface area contributed by atoms with Gasteiger partial charge in [-0.05, 0) is 30.3 Å². The summed E-state index contributed by atoms with van der Waals surface area (Å²) in [7, 11) is -4.13. The van der Waals surface area contributed by atoms with Crippen LogP contribution in [0.2, 0.25) is 0 Å². The first-order valence-corrected chi connectivity index (χ1v) is 12.7. The standard InChI is InChI=1S/C24H16F2N4O7S/c1-38(35,36)28-24(32)21-19(15-3-2-7-27-23(15)31)20-18(10-17(26)14-6-8-37-22(14)20)29(21)11-12-9-13(30(33)34)4-5-16(12)25/h2-10H,11H2,1H3,(H2-,27,28,31,32,33,34)/p+1. The lowest BCUT2D eigenvalue weighted by Gasteiger charge is -2.13. The zero-order chi connectivity index (χ0) is 27.4. The van der Waals surface area contributed by atoms with E-state index in [0.29, 0.717) is 0 Å². The highest BCUT2D eigenvalue weighted by Crippen LogP contribution is 2.40. The van der Waals surface area contributed by atoms with E-state index in [1.807, 2.05) is 4.72 Å².